The number of benzene rings is 3. The minimum Gasteiger partial charge on any atom is -0.324 e. The molecular weight excluding hydrogens is 352 g/mol. The van der Waals surface area contributed by atoms with Gasteiger partial charge in [0.25, 0.3) is 17.5 Å². The van der Waals surface area contributed by atoms with E-state index in [2.05, 4.69) is 0 Å². The summed E-state index contributed by atoms with van der Waals surface area (Å²) in [6.07, 6.45) is 0. The number of carbonyl (C=O) groups is 3. The van der Waals surface area contributed by atoms with Gasteiger partial charge in [-0.05, 0) is 23.6 Å². The molecule has 3 aromatic carbocycles. The lowest BCUT2D eigenvalue weighted by Crippen LogP contribution is -2.41. The van der Waals surface area contributed by atoms with E-state index in [1.54, 1.807) is 24.3 Å². The predicted octanol–water partition coefficient (Wildman–Crippen LogP) is 3.12. The highest BCUT2D eigenvalue weighted by Crippen LogP contribution is 2.33. The SMILES string of the molecule is O=C(ON1C(=O)c2cccc3cc([N+](=O)[O-])cc(c23)C1=O)c1ccccc1. The van der Waals surface area contributed by atoms with Crippen LogP contribution in [-0.2, 0) is 4.84 Å². The normalized spacial score (nSPS) is 13.0. The summed E-state index contributed by atoms with van der Waals surface area (Å²) in [5.41, 5.74) is -0.0963. The molecule has 132 valence electrons. The van der Waals surface area contributed by atoms with Gasteiger partial charge in [-0.3, -0.25) is 19.7 Å². The Morgan fingerprint density at radius 3 is 2.33 bits per heavy atom. The van der Waals surface area contributed by atoms with Gasteiger partial charge in [-0.2, -0.15) is 0 Å². The molecule has 0 aliphatic carbocycles. The number of rotatable bonds is 3. The van der Waals surface area contributed by atoms with E-state index in [4.69, 9.17) is 4.84 Å². The average molecular weight is 362 g/mol. The molecule has 0 saturated carbocycles. The first-order valence-electron chi connectivity index (χ1n) is 7.84. The lowest BCUT2D eigenvalue weighted by molar-refractivity contribution is -0.384. The van der Waals surface area contributed by atoms with E-state index in [1.165, 1.54) is 30.3 Å². The molecule has 0 spiro atoms. The molecule has 27 heavy (non-hydrogen) atoms. The quantitative estimate of drug-likeness (QED) is 0.402. The van der Waals surface area contributed by atoms with Gasteiger partial charge >= 0.3 is 5.97 Å². The van der Waals surface area contributed by atoms with Gasteiger partial charge in [0.1, 0.15) is 0 Å². The van der Waals surface area contributed by atoms with Gasteiger partial charge in [0, 0.05) is 17.5 Å². The molecule has 0 saturated heterocycles. The molecule has 8 nitrogen and oxygen atoms in total. The van der Waals surface area contributed by atoms with E-state index >= 15 is 0 Å². The highest BCUT2D eigenvalue weighted by molar-refractivity contribution is 6.25. The molecule has 0 bridgehead atoms. The summed E-state index contributed by atoms with van der Waals surface area (Å²) >= 11 is 0. The number of non-ortho nitro benzene ring substituents is 1. The van der Waals surface area contributed by atoms with Gasteiger partial charge in [0.2, 0.25) is 0 Å². The van der Waals surface area contributed by atoms with E-state index in [-0.39, 0.29) is 22.4 Å². The number of nitro groups is 1. The number of hydrogen-bond acceptors (Lipinski definition) is 6. The second-order valence-electron chi connectivity index (χ2n) is 5.80. The fraction of sp³-hybridized carbons (Fsp3) is 0. The summed E-state index contributed by atoms with van der Waals surface area (Å²) in [5, 5.41) is 12.2. The zero-order chi connectivity index (χ0) is 19.1. The molecule has 2 amide bonds. The first kappa shape index (κ1) is 16.4. The van der Waals surface area contributed by atoms with Crippen LogP contribution in [0.25, 0.3) is 10.8 Å². The van der Waals surface area contributed by atoms with Crippen molar-refractivity contribution in [3.63, 3.8) is 0 Å². The maximum absolute atomic E-state index is 12.8. The Morgan fingerprint density at radius 2 is 1.63 bits per heavy atom. The number of nitrogens with zero attached hydrogens (tertiary/aromatic N) is 2. The van der Waals surface area contributed by atoms with Crippen LogP contribution in [0, 0.1) is 10.1 Å². The molecule has 0 unspecified atom stereocenters. The molecule has 3 aromatic rings. The molecule has 0 radical (unpaired) electrons. The molecule has 0 aromatic heterocycles. The Hall–Kier alpha value is -4.07. The number of carbonyl (C=O) groups excluding carboxylic acids is 3. The lowest BCUT2D eigenvalue weighted by atomic mass is 9.94. The molecule has 1 heterocycles. The molecular formula is C19H10N2O6. The van der Waals surface area contributed by atoms with Gasteiger partial charge < -0.3 is 4.84 Å². The van der Waals surface area contributed by atoms with E-state index in [1.807, 2.05) is 0 Å². The van der Waals surface area contributed by atoms with Crippen LogP contribution in [0.3, 0.4) is 0 Å². The van der Waals surface area contributed by atoms with Crippen molar-refractivity contribution in [3.8, 4) is 0 Å². The second kappa shape index (κ2) is 6.03. The number of nitro benzene ring substituents is 1. The molecule has 0 atom stereocenters. The summed E-state index contributed by atoms with van der Waals surface area (Å²) in [6, 6.07) is 14.8. The fourth-order valence-corrected chi connectivity index (χ4v) is 2.97. The molecule has 8 heteroatoms. The van der Waals surface area contributed by atoms with Gasteiger partial charge in [0.15, 0.2) is 0 Å². The summed E-state index contributed by atoms with van der Waals surface area (Å²) in [6.45, 7) is 0. The van der Waals surface area contributed by atoms with Crippen LogP contribution in [0.15, 0.2) is 60.7 Å². The highest BCUT2D eigenvalue weighted by Gasteiger charge is 2.37. The van der Waals surface area contributed by atoms with Crippen molar-refractivity contribution >= 4 is 34.2 Å². The fourth-order valence-electron chi connectivity index (χ4n) is 2.97. The van der Waals surface area contributed by atoms with Gasteiger partial charge in [-0.1, -0.05) is 35.4 Å². The zero-order valence-corrected chi connectivity index (χ0v) is 13.6. The van der Waals surface area contributed by atoms with Crippen molar-refractivity contribution in [1.82, 2.24) is 5.06 Å². The van der Waals surface area contributed by atoms with Crippen molar-refractivity contribution in [1.29, 1.82) is 0 Å². The van der Waals surface area contributed by atoms with Crippen molar-refractivity contribution in [2.45, 2.75) is 0 Å². The van der Waals surface area contributed by atoms with E-state index < -0.39 is 22.7 Å². The third-order valence-corrected chi connectivity index (χ3v) is 4.19. The molecule has 1 aliphatic heterocycles. The van der Waals surface area contributed by atoms with E-state index in [0.717, 1.165) is 6.07 Å². The predicted molar refractivity (Wildman–Crippen MR) is 93.0 cm³/mol. The highest BCUT2D eigenvalue weighted by atomic mass is 16.7. The maximum Gasteiger partial charge on any atom is 0.363 e. The molecule has 0 fully saturated rings. The number of imide groups is 1. The Bertz CT molecular complexity index is 1140. The van der Waals surface area contributed by atoms with Gasteiger partial charge in [-0.15, -0.1) is 0 Å². The monoisotopic (exact) mass is 362 g/mol. The van der Waals surface area contributed by atoms with Crippen molar-refractivity contribution in [2.75, 3.05) is 0 Å². The Kier molecular flexibility index (Phi) is 3.66. The second-order valence-corrected chi connectivity index (χ2v) is 5.80. The number of hydroxylamine groups is 2. The van der Waals surface area contributed by atoms with Crippen molar-refractivity contribution in [3.05, 3.63) is 87.5 Å². The van der Waals surface area contributed by atoms with Crippen LogP contribution in [0.4, 0.5) is 5.69 Å². The van der Waals surface area contributed by atoms with Crippen molar-refractivity contribution in [2.24, 2.45) is 0 Å². The zero-order valence-electron chi connectivity index (χ0n) is 13.6. The maximum atomic E-state index is 12.8. The summed E-state index contributed by atoms with van der Waals surface area (Å²) in [7, 11) is 0. The summed E-state index contributed by atoms with van der Waals surface area (Å²) < 4.78 is 0. The van der Waals surface area contributed by atoms with Crippen LogP contribution in [0.2, 0.25) is 0 Å². The number of amides is 2. The molecule has 1 aliphatic rings. The van der Waals surface area contributed by atoms with Gasteiger partial charge in [-0.25, -0.2) is 4.79 Å². The third-order valence-electron chi connectivity index (χ3n) is 4.19. The largest absolute Gasteiger partial charge is 0.363 e. The van der Waals surface area contributed by atoms with Crippen LogP contribution >= 0.6 is 0 Å². The topological polar surface area (TPSA) is 107 Å². The Balaban J connectivity index is 1.81. The molecule has 0 N–H and O–H groups in total. The molecule has 4 rings (SSSR count). The Morgan fingerprint density at radius 1 is 0.926 bits per heavy atom. The van der Waals surface area contributed by atoms with Crippen molar-refractivity contribution < 1.29 is 24.1 Å². The Labute approximate surface area is 151 Å². The van der Waals surface area contributed by atoms with E-state index in [9.17, 15) is 24.5 Å². The summed E-state index contributed by atoms with van der Waals surface area (Å²) in [5.74, 6) is -2.63. The number of hydrogen-bond donors (Lipinski definition) is 0. The first-order valence-corrected chi connectivity index (χ1v) is 7.84. The van der Waals surface area contributed by atoms with Crippen LogP contribution in [0.5, 0.6) is 0 Å². The van der Waals surface area contributed by atoms with Crippen LogP contribution in [0.1, 0.15) is 31.1 Å². The standard InChI is InChI=1S/C19H10N2O6/c22-17-14-8-4-7-12-9-13(21(25)26)10-15(16(12)14)18(23)20(17)27-19(24)11-5-2-1-3-6-11/h1-10H. The smallest absolute Gasteiger partial charge is 0.324 e. The van der Waals surface area contributed by atoms with Crippen LogP contribution < -0.4 is 0 Å². The minimum absolute atomic E-state index is 0.0738. The third kappa shape index (κ3) is 2.60. The van der Waals surface area contributed by atoms with E-state index in [0.29, 0.717) is 15.8 Å². The van der Waals surface area contributed by atoms with Gasteiger partial charge in [0.05, 0.1) is 21.6 Å². The average Bonchev–Trinajstić information content (AvgIpc) is 2.69. The lowest BCUT2D eigenvalue weighted by Gasteiger charge is -2.25. The summed E-state index contributed by atoms with van der Waals surface area (Å²) in [4.78, 5) is 53.3. The first-order chi connectivity index (χ1) is 13.0. The van der Waals surface area contributed by atoms with Crippen LogP contribution in [-0.4, -0.2) is 27.8 Å². The minimum atomic E-state index is -0.934.